The highest BCUT2D eigenvalue weighted by Crippen LogP contribution is 2.25. The maximum atomic E-state index is 5.84. The van der Waals surface area contributed by atoms with Crippen LogP contribution >= 0.6 is 0 Å². The van der Waals surface area contributed by atoms with Crippen LogP contribution in [0.25, 0.3) is 0 Å². The molecule has 0 spiro atoms. The van der Waals surface area contributed by atoms with Gasteiger partial charge in [-0.3, -0.25) is 0 Å². The molecule has 1 aliphatic rings. The van der Waals surface area contributed by atoms with E-state index >= 15 is 0 Å². The number of rotatable bonds is 2. The lowest BCUT2D eigenvalue weighted by Gasteiger charge is -2.38. The average molecular weight is 281 g/mol. The van der Waals surface area contributed by atoms with Gasteiger partial charge in [-0.2, -0.15) is 0 Å². The van der Waals surface area contributed by atoms with Crippen molar-refractivity contribution < 1.29 is 0 Å². The van der Waals surface area contributed by atoms with Gasteiger partial charge in [-0.05, 0) is 55.3 Å². The molecule has 3 rings (SSSR count). The fourth-order valence-corrected chi connectivity index (χ4v) is 3.06. The molecule has 0 radical (unpaired) electrons. The topological polar surface area (TPSA) is 32.5 Å². The van der Waals surface area contributed by atoms with Gasteiger partial charge in [-0.1, -0.05) is 12.1 Å². The van der Waals surface area contributed by atoms with Crippen LogP contribution in [0.3, 0.4) is 0 Å². The van der Waals surface area contributed by atoms with Crippen molar-refractivity contribution in [2.24, 2.45) is 0 Å². The summed E-state index contributed by atoms with van der Waals surface area (Å²) in [6.45, 7) is 8.52. The average Bonchev–Trinajstić information content (AvgIpc) is 2.47. The maximum absolute atomic E-state index is 5.84. The van der Waals surface area contributed by atoms with Crippen molar-refractivity contribution in [1.82, 2.24) is 0 Å². The van der Waals surface area contributed by atoms with Crippen LogP contribution < -0.4 is 15.5 Å². The molecule has 0 atom stereocenters. The molecule has 2 aromatic carbocycles. The van der Waals surface area contributed by atoms with Crippen LogP contribution in [0, 0.1) is 13.8 Å². The summed E-state index contributed by atoms with van der Waals surface area (Å²) >= 11 is 0. The Bertz CT molecular complexity index is 628. The minimum atomic E-state index is 0.842. The SMILES string of the molecule is Cc1cccc(N2CCN(c3ccc(N)cc3C)CC2)c1. The van der Waals surface area contributed by atoms with Gasteiger partial charge < -0.3 is 15.5 Å². The van der Waals surface area contributed by atoms with Gasteiger partial charge in [0.2, 0.25) is 0 Å². The van der Waals surface area contributed by atoms with Gasteiger partial charge in [0.05, 0.1) is 0 Å². The molecular weight excluding hydrogens is 258 g/mol. The Labute approximate surface area is 127 Å². The summed E-state index contributed by atoms with van der Waals surface area (Å²) in [4.78, 5) is 4.93. The zero-order valence-electron chi connectivity index (χ0n) is 12.8. The third-order valence-corrected chi connectivity index (χ3v) is 4.21. The first-order chi connectivity index (χ1) is 10.1. The normalized spacial score (nSPS) is 15.3. The molecule has 2 aromatic rings. The summed E-state index contributed by atoms with van der Waals surface area (Å²) in [7, 11) is 0. The zero-order valence-corrected chi connectivity index (χ0v) is 12.8. The van der Waals surface area contributed by atoms with Crippen molar-refractivity contribution in [3.05, 3.63) is 53.6 Å². The number of benzene rings is 2. The Kier molecular flexibility index (Phi) is 3.74. The summed E-state index contributed by atoms with van der Waals surface area (Å²) in [5, 5.41) is 0. The van der Waals surface area contributed by atoms with Crippen molar-refractivity contribution in [3.63, 3.8) is 0 Å². The molecule has 0 aromatic heterocycles. The van der Waals surface area contributed by atoms with Crippen molar-refractivity contribution >= 4 is 17.1 Å². The highest BCUT2D eigenvalue weighted by atomic mass is 15.3. The minimum absolute atomic E-state index is 0.842. The second-order valence-corrected chi connectivity index (χ2v) is 5.86. The van der Waals surface area contributed by atoms with Crippen molar-refractivity contribution in [3.8, 4) is 0 Å². The van der Waals surface area contributed by atoms with E-state index in [0.717, 1.165) is 31.9 Å². The third kappa shape index (κ3) is 2.97. The first kappa shape index (κ1) is 13.8. The van der Waals surface area contributed by atoms with E-state index in [1.54, 1.807) is 0 Å². The van der Waals surface area contributed by atoms with Crippen molar-refractivity contribution in [2.45, 2.75) is 13.8 Å². The van der Waals surface area contributed by atoms with Crippen molar-refractivity contribution in [2.75, 3.05) is 41.7 Å². The molecule has 1 fully saturated rings. The number of aryl methyl sites for hydroxylation is 2. The Hall–Kier alpha value is -2.16. The lowest BCUT2D eigenvalue weighted by atomic mass is 10.1. The molecule has 110 valence electrons. The van der Waals surface area contributed by atoms with E-state index in [-0.39, 0.29) is 0 Å². The Morgan fingerprint density at radius 1 is 0.857 bits per heavy atom. The summed E-state index contributed by atoms with van der Waals surface area (Å²) in [5.41, 5.74) is 11.9. The number of nitrogen functional groups attached to an aromatic ring is 1. The van der Waals surface area contributed by atoms with E-state index in [4.69, 9.17) is 5.73 Å². The smallest absolute Gasteiger partial charge is 0.0398 e. The van der Waals surface area contributed by atoms with Crippen LogP contribution in [0.1, 0.15) is 11.1 Å². The first-order valence-corrected chi connectivity index (χ1v) is 7.56. The fraction of sp³-hybridized carbons (Fsp3) is 0.333. The molecule has 1 saturated heterocycles. The van der Waals surface area contributed by atoms with Crippen LogP contribution in [0.15, 0.2) is 42.5 Å². The molecule has 0 unspecified atom stereocenters. The quantitative estimate of drug-likeness (QED) is 0.858. The predicted molar refractivity (Wildman–Crippen MR) is 91.2 cm³/mol. The number of hydrogen-bond acceptors (Lipinski definition) is 3. The van der Waals surface area contributed by atoms with E-state index < -0.39 is 0 Å². The lowest BCUT2D eigenvalue weighted by molar-refractivity contribution is 0.652. The van der Waals surface area contributed by atoms with Gasteiger partial charge >= 0.3 is 0 Å². The van der Waals surface area contributed by atoms with E-state index in [2.05, 4.69) is 60.0 Å². The van der Waals surface area contributed by atoms with Gasteiger partial charge in [0.1, 0.15) is 0 Å². The van der Waals surface area contributed by atoms with E-state index in [1.165, 1.54) is 22.5 Å². The number of anilines is 3. The second-order valence-electron chi connectivity index (χ2n) is 5.86. The number of hydrogen-bond donors (Lipinski definition) is 1. The van der Waals surface area contributed by atoms with Gasteiger partial charge in [-0.15, -0.1) is 0 Å². The third-order valence-electron chi connectivity index (χ3n) is 4.21. The molecular formula is C18H23N3. The van der Waals surface area contributed by atoms with Gasteiger partial charge in [0.15, 0.2) is 0 Å². The molecule has 1 heterocycles. The molecule has 2 N–H and O–H groups in total. The van der Waals surface area contributed by atoms with E-state index in [0.29, 0.717) is 0 Å². The molecule has 0 amide bonds. The minimum Gasteiger partial charge on any atom is -0.399 e. The molecule has 1 aliphatic heterocycles. The molecule has 0 aliphatic carbocycles. The molecule has 3 nitrogen and oxygen atoms in total. The van der Waals surface area contributed by atoms with Crippen LogP contribution in [0.4, 0.5) is 17.1 Å². The number of nitrogens with two attached hydrogens (primary N) is 1. The highest BCUT2D eigenvalue weighted by molar-refractivity contribution is 5.60. The molecule has 3 heteroatoms. The zero-order chi connectivity index (χ0) is 14.8. The number of nitrogens with zero attached hydrogens (tertiary/aromatic N) is 2. The van der Waals surface area contributed by atoms with Crippen LogP contribution in [-0.4, -0.2) is 26.2 Å². The molecule has 0 bridgehead atoms. The summed E-state index contributed by atoms with van der Waals surface area (Å²) < 4.78 is 0. The van der Waals surface area contributed by atoms with Crippen LogP contribution in [0.5, 0.6) is 0 Å². The summed E-state index contributed by atoms with van der Waals surface area (Å²) in [5.74, 6) is 0. The van der Waals surface area contributed by atoms with Gasteiger partial charge in [0.25, 0.3) is 0 Å². The second kappa shape index (κ2) is 5.68. The summed E-state index contributed by atoms with van der Waals surface area (Å²) in [6, 6.07) is 15.0. The Balaban J connectivity index is 1.70. The van der Waals surface area contributed by atoms with E-state index in [1.807, 2.05) is 6.07 Å². The largest absolute Gasteiger partial charge is 0.399 e. The van der Waals surface area contributed by atoms with Crippen LogP contribution in [-0.2, 0) is 0 Å². The highest BCUT2D eigenvalue weighted by Gasteiger charge is 2.18. The van der Waals surface area contributed by atoms with Gasteiger partial charge in [0, 0.05) is 43.2 Å². The lowest BCUT2D eigenvalue weighted by Crippen LogP contribution is -2.46. The molecule has 21 heavy (non-hydrogen) atoms. The van der Waals surface area contributed by atoms with Crippen molar-refractivity contribution in [1.29, 1.82) is 0 Å². The monoisotopic (exact) mass is 281 g/mol. The fourth-order valence-electron chi connectivity index (χ4n) is 3.06. The van der Waals surface area contributed by atoms with Gasteiger partial charge in [-0.25, -0.2) is 0 Å². The number of piperazine rings is 1. The predicted octanol–water partition coefficient (Wildman–Crippen LogP) is 3.21. The standard InChI is InChI=1S/C18H23N3/c1-14-4-3-5-17(12-14)20-8-10-21(11-9-20)18-7-6-16(19)13-15(18)2/h3-7,12-13H,8-11,19H2,1-2H3. The maximum Gasteiger partial charge on any atom is 0.0398 e. The van der Waals surface area contributed by atoms with E-state index in [9.17, 15) is 0 Å². The Morgan fingerprint density at radius 3 is 2.24 bits per heavy atom. The first-order valence-electron chi connectivity index (χ1n) is 7.56. The van der Waals surface area contributed by atoms with Crippen LogP contribution in [0.2, 0.25) is 0 Å². The molecule has 0 saturated carbocycles. The Morgan fingerprint density at radius 2 is 1.57 bits per heavy atom. The summed E-state index contributed by atoms with van der Waals surface area (Å²) in [6.07, 6.45) is 0.